The van der Waals surface area contributed by atoms with Crippen LogP contribution in [0.25, 0.3) is 0 Å². The summed E-state index contributed by atoms with van der Waals surface area (Å²) in [6.45, 7) is 3.67. The normalized spacial score (nSPS) is 10.1. The van der Waals surface area contributed by atoms with Gasteiger partial charge in [0, 0.05) is 0 Å². The lowest BCUT2D eigenvalue weighted by Crippen LogP contribution is -2.22. The van der Waals surface area contributed by atoms with Crippen LogP contribution in [-0.2, 0) is 14.3 Å². The van der Waals surface area contributed by atoms with E-state index in [1.807, 2.05) is 26.0 Å². The standard InChI is InChI=1S/C20H21NO6/c1-12-5-7-15(9-13(12)2)27-11-18(22)21-17-10-14(19(23)25-3)6-8-16(17)20(24)26-4/h5-10H,11H2,1-4H3,(H,21,22). The molecule has 7 nitrogen and oxygen atoms in total. The molecule has 2 rings (SSSR count). The fourth-order valence-electron chi connectivity index (χ4n) is 2.32. The quantitative estimate of drug-likeness (QED) is 0.785. The maximum absolute atomic E-state index is 12.2. The number of hydrogen-bond acceptors (Lipinski definition) is 6. The molecular weight excluding hydrogens is 350 g/mol. The third kappa shape index (κ3) is 5.07. The van der Waals surface area contributed by atoms with E-state index in [1.54, 1.807) is 6.07 Å². The summed E-state index contributed by atoms with van der Waals surface area (Å²) < 4.78 is 14.8. The summed E-state index contributed by atoms with van der Waals surface area (Å²) in [5, 5.41) is 2.57. The number of amides is 1. The van der Waals surface area contributed by atoms with Crippen molar-refractivity contribution in [3.63, 3.8) is 0 Å². The van der Waals surface area contributed by atoms with Gasteiger partial charge in [0.1, 0.15) is 5.75 Å². The topological polar surface area (TPSA) is 90.9 Å². The van der Waals surface area contributed by atoms with Crippen LogP contribution >= 0.6 is 0 Å². The molecule has 2 aromatic carbocycles. The van der Waals surface area contributed by atoms with Crippen molar-refractivity contribution < 1.29 is 28.6 Å². The van der Waals surface area contributed by atoms with E-state index in [9.17, 15) is 14.4 Å². The monoisotopic (exact) mass is 371 g/mol. The van der Waals surface area contributed by atoms with E-state index >= 15 is 0 Å². The van der Waals surface area contributed by atoms with Crippen molar-refractivity contribution in [3.8, 4) is 5.75 Å². The molecule has 7 heteroatoms. The van der Waals surface area contributed by atoms with Gasteiger partial charge < -0.3 is 19.5 Å². The predicted octanol–water partition coefficient (Wildman–Crippen LogP) is 2.89. The number of rotatable bonds is 6. The van der Waals surface area contributed by atoms with Crippen molar-refractivity contribution in [2.24, 2.45) is 0 Å². The molecule has 0 aliphatic heterocycles. The first-order valence-corrected chi connectivity index (χ1v) is 8.16. The van der Waals surface area contributed by atoms with E-state index < -0.39 is 17.8 Å². The smallest absolute Gasteiger partial charge is 0.339 e. The zero-order chi connectivity index (χ0) is 20.0. The van der Waals surface area contributed by atoms with Crippen LogP contribution in [0.3, 0.4) is 0 Å². The maximum Gasteiger partial charge on any atom is 0.339 e. The van der Waals surface area contributed by atoms with Crippen molar-refractivity contribution in [2.45, 2.75) is 13.8 Å². The number of esters is 2. The van der Waals surface area contributed by atoms with Crippen LogP contribution in [0, 0.1) is 13.8 Å². The SMILES string of the molecule is COC(=O)c1ccc(C(=O)OC)c(NC(=O)COc2ccc(C)c(C)c2)c1. The van der Waals surface area contributed by atoms with Gasteiger partial charge in [-0.1, -0.05) is 6.07 Å². The summed E-state index contributed by atoms with van der Waals surface area (Å²) in [5.74, 6) is -1.16. The van der Waals surface area contributed by atoms with E-state index in [0.717, 1.165) is 11.1 Å². The van der Waals surface area contributed by atoms with Crippen molar-refractivity contribution in [1.82, 2.24) is 0 Å². The summed E-state index contributed by atoms with van der Waals surface area (Å²) in [6.07, 6.45) is 0. The number of hydrogen-bond donors (Lipinski definition) is 1. The molecule has 0 atom stereocenters. The van der Waals surface area contributed by atoms with Crippen molar-refractivity contribution in [3.05, 3.63) is 58.7 Å². The first-order valence-electron chi connectivity index (χ1n) is 8.16. The van der Waals surface area contributed by atoms with Gasteiger partial charge in [-0.05, 0) is 55.3 Å². The van der Waals surface area contributed by atoms with Crippen LogP contribution < -0.4 is 10.1 Å². The van der Waals surface area contributed by atoms with Gasteiger partial charge in [0.15, 0.2) is 6.61 Å². The molecule has 0 aliphatic rings. The Balaban J connectivity index is 2.15. The summed E-state index contributed by atoms with van der Waals surface area (Å²) in [6, 6.07) is 9.66. The van der Waals surface area contributed by atoms with E-state index in [-0.39, 0.29) is 23.4 Å². The Morgan fingerprint density at radius 1 is 0.889 bits per heavy atom. The fraction of sp³-hybridized carbons (Fsp3) is 0.250. The minimum absolute atomic E-state index is 0.115. The Hall–Kier alpha value is -3.35. The number of methoxy groups -OCH3 is 2. The van der Waals surface area contributed by atoms with Crippen molar-refractivity contribution in [1.29, 1.82) is 0 Å². The number of carbonyl (C=O) groups is 3. The first kappa shape index (κ1) is 20.0. The van der Waals surface area contributed by atoms with Gasteiger partial charge >= 0.3 is 11.9 Å². The second-order valence-electron chi connectivity index (χ2n) is 5.83. The van der Waals surface area contributed by atoms with E-state index in [1.165, 1.54) is 32.4 Å². The number of anilines is 1. The summed E-state index contributed by atoms with van der Waals surface area (Å²) in [7, 11) is 2.47. The molecule has 0 saturated carbocycles. The minimum atomic E-state index is -0.642. The minimum Gasteiger partial charge on any atom is -0.484 e. The van der Waals surface area contributed by atoms with Crippen LogP contribution in [-0.4, -0.2) is 38.7 Å². The van der Waals surface area contributed by atoms with Gasteiger partial charge in [-0.3, -0.25) is 4.79 Å². The highest BCUT2D eigenvalue weighted by atomic mass is 16.5. The zero-order valence-corrected chi connectivity index (χ0v) is 15.6. The van der Waals surface area contributed by atoms with Gasteiger partial charge in [-0.25, -0.2) is 9.59 Å². The largest absolute Gasteiger partial charge is 0.484 e. The van der Waals surface area contributed by atoms with Gasteiger partial charge in [0.25, 0.3) is 5.91 Å². The average molecular weight is 371 g/mol. The zero-order valence-electron chi connectivity index (χ0n) is 15.6. The van der Waals surface area contributed by atoms with Gasteiger partial charge in [0.2, 0.25) is 0 Å². The molecule has 142 valence electrons. The number of aryl methyl sites for hydroxylation is 2. The van der Waals surface area contributed by atoms with E-state index in [0.29, 0.717) is 5.75 Å². The Bertz CT molecular complexity index is 875. The molecule has 0 unspecified atom stereocenters. The van der Waals surface area contributed by atoms with Gasteiger partial charge in [0.05, 0.1) is 31.0 Å². The lowest BCUT2D eigenvalue weighted by Gasteiger charge is -2.12. The van der Waals surface area contributed by atoms with Crippen molar-refractivity contribution in [2.75, 3.05) is 26.1 Å². The Morgan fingerprint density at radius 3 is 2.22 bits per heavy atom. The van der Waals surface area contributed by atoms with Crippen LogP contribution in [0.5, 0.6) is 5.75 Å². The third-order valence-electron chi connectivity index (χ3n) is 3.97. The summed E-state index contributed by atoms with van der Waals surface area (Å²) in [5.41, 5.74) is 2.61. The summed E-state index contributed by atoms with van der Waals surface area (Å²) >= 11 is 0. The molecule has 0 aromatic heterocycles. The van der Waals surface area contributed by atoms with Gasteiger partial charge in [-0.15, -0.1) is 0 Å². The molecule has 0 saturated heterocycles. The Labute approximate surface area is 157 Å². The average Bonchev–Trinajstić information content (AvgIpc) is 2.67. The molecule has 1 amide bonds. The second-order valence-corrected chi connectivity index (χ2v) is 5.83. The lowest BCUT2D eigenvalue weighted by atomic mass is 10.1. The molecule has 0 bridgehead atoms. The molecule has 0 spiro atoms. The molecule has 0 radical (unpaired) electrons. The van der Waals surface area contributed by atoms with E-state index in [2.05, 4.69) is 10.1 Å². The van der Waals surface area contributed by atoms with E-state index in [4.69, 9.17) is 9.47 Å². The van der Waals surface area contributed by atoms with Gasteiger partial charge in [-0.2, -0.15) is 0 Å². The molecule has 0 fully saturated rings. The molecule has 0 heterocycles. The lowest BCUT2D eigenvalue weighted by molar-refractivity contribution is -0.118. The highest BCUT2D eigenvalue weighted by Gasteiger charge is 2.17. The number of benzene rings is 2. The Kier molecular flexibility index (Phi) is 6.54. The molecule has 27 heavy (non-hydrogen) atoms. The highest BCUT2D eigenvalue weighted by molar-refractivity contribution is 6.03. The molecular formula is C20H21NO6. The second kappa shape index (κ2) is 8.84. The molecule has 2 aromatic rings. The molecule has 1 N–H and O–H groups in total. The fourth-order valence-corrected chi connectivity index (χ4v) is 2.32. The third-order valence-corrected chi connectivity index (χ3v) is 3.97. The Morgan fingerprint density at radius 2 is 1.59 bits per heavy atom. The van der Waals surface area contributed by atoms with Crippen molar-refractivity contribution >= 4 is 23.5 Å². The highest BCUT2D eigenvalue weighted by Crippen LogP contribution is 2.20. The maximum atomic E-state index is 12.2. The molecule has 0 aliphatic carbocycles. The van der Waals surface area contributed by atoms with Crippen LogP contribution in [0.15, 0.2) is 36.4 Å². The predicted molar refractivity (Wildman–Crippen MR) is 99.2 cm³/mol. The summed E-state index contributed by atoms with van der Waals surface area (Å²) in [4.78, 5) is 35.8. The number of ether oxygens (including phenoxy) is 3. The van der Waals surface area contributed by atoms with Crippen LogP contribution in [0.1, 0.15) is 31.8 Å². The van der Waals surface area contributed by atoms with Crippen LogP contribution in [0.4, 0.5) is 5.69 Å². The van der Waals surface area contributed by atoms with Crippen LogP contribution in [0.2, 0.25) is 0 Å². The number of nitrogens with one attached hydrogen (secondary N) is 1. The first-order chi connectivity index (χ1) is 12.8. The number of carbonyl (C=O) groups excluding carboxylic acids is 3.